The van der Waals surface area contributed by atoms with E-state index in [-0.39, 0.29) is 5.56 Å². The Labute approximate surface area is 79.5 Å². The van der Waals surface area contributed by atoms with Gasteiger partial charge in [-0.2, -0.15) is 0 Å². The Morgan fingerprint density at radius 2 is 2.36 bits per heavy atom. The van der Waals surface area contributed by atoms with Crippen molar-refractivity contribution >= 4 is 5.97 Å². The summed E-state index contributed by atoms with van der Waals surface area (Å²) in [6.07, 6.45) is 4.32. The summed E-state index contributed by atoms with van der Waals surface area (Å²) in [6.45, 7) is 0. The zero-order valence-electron chi connectivity index (χ0n) is 7.14. The van der Waals surface area contributed by atoms with E-state index in [9.17, 15) is 4.79 Å². The summed E-state index contributed by atoms with van der Waals surface area (Å²) in [4.78, 5) is 21.3. The molecule has 0 spiro atoms. The summed E-state index contributed by atoms with van der Waals surface area (Å²) in [7, 11) is 0. The zero-order chi connectivity index (χ0) is 9.97. The minimum absolute atomic E-state index is 0.0925. The number of H-pyrrole nitrogens is 1. The van der Waals surface area contributed by atoms with Crippen LogP contribution in [0.1, 0.15) is 10.4 Å². The van der Waals surface area contributed by atoms with Crippen LogP contribution in [0.15, 0.2) is 30.9 Å². The first-order valence-corrected chi connectivity index (χ1v) is 3.96. The van der Waals surface area contributed by atoms with Crippen LogP contribution in [0.3, 0.4) is 0 Å². The predicted octanol–water partition coefficient (Wildman–Crippen LogP) is 1.17. The molecule has 0 aromatic carbocycles. The molecule has 2 rings (SSSR count). The lowest BCUT2D eigenvalue weighted by molar-refractivity contribution is 0.0697. The highest BCUT2D eigenvalue weighted by molar-refractivity contribution is 5.93. The van der Waals surface area contributed by atoms with Crippen LogP contribution < -0.4 is 0 Å². The van der Waals surface area contributed by atoms with Crippen molar-refractivity contribution in [2.75, 3.05) is 0 Å². The molecule has 0 amide bonds. The predicted molar refractivity (Wildman–Crippen MR) is 48.8 cm³/mol. The molecule has 0 aliphatic heterocycles. The van der Waals surface area contributed by atoms with E-state index >= 15 is 0 Å². The van der Waals surface area contributed by atoms with E-state index in [1.54, 1.807) is 18.3 Å². The molecule has 2 aromatic heterocycles. The van der Waals surface area contributed by atoms with Crippen LogP contribution in [0.2, 0.25) is 0 Å². The fourth-order valence-electron chi connectivity index (χ4n) is 1.18. The van der Waals surface area contributed by atoms with E-state index in [1.165, 1.54) is 12.5 Å². The van der Waals surface area contributed by atoms with Gasteiger partial charge >= 0.3 is 5.97 Å². The van der Waals surface area contributed by atoms with E-state index < -0.39 is 5.97 Å². The monoisotopic (exact) mass is 189 g/mol. The molecule has 5 heteroatoms. The summed E-state index contributed by atoms with van der Waals surface area (Å²) >= 11 is 0. The Kier molecular flexibility index (Phi) is 1.98. The molecule has 70 valence electrons. The molecule has 2 heterocycles. The number of aromatic nitrogens is 3. The van der Waals surface area contributed by atoms with E-state index in [4.69, 9.17) is 5.11 Å². The molecule has 5 nitrogen and oxygen atoms in total. The maximum atomic E-state index is 10.8. The van der Waals surface area contributed by atoms with Gasteiger partial charge in [-0.05, 0) is 12.1 Å². The van der Waals surface area contributed by atoms with Crippen LogP contribution in [0.4, 0.5) is 0 Å². The van der Waals surface area contributed by atoms with Gasteiger partial charge in [0.25, 0.3) is 0 Å². The maximum Gasteiger partial charge on any atom is 0.339 e. The maximum absolute atomic E-state index is 10.8. The lowest BCUT2D eigenvalue weighted by Crippen LogP contribution is -2.02. The second kappa shape index (κ2) is 3.29. The average molecular weight is 189 g/mol. The number of hydrogen-bond acceptors (Lipinski definition) is 3. The van der Waals surface area contributed by atoms with E-state index in [0.717, 1.165) is 0 Å². The summed E-state index contributed by atoms with van der Waals surface area (Å²) in [5, 5.41) is 8.87. The highest BCUT2D eigenvalue weighted by Gasteiger charge is 2.12. The topological polar surface area (TPSA) is 78.9 Å². The van der Waals surface area contributed by atoms with Gasteiger partial charge in [0.05, 0.1) is 5.69 Å². The lowest BCUT2D eigenvalue weighted by atomic mass is 10.2. The highest BCUT2D eigenvalue weighted by Crippen LogP contribution is 2.17. The Bertz CT molecular complexity index is 451. The van der Waals surface area contributed by atoms with E-state index in [1.807, 2.05) is 0 Å². The van der Waals surface area contributed by atoms with Gasteiger partial charge in [-0.3, -0.25) is 0 Å². The first kappa shape index (κ1) is 8.43. The normalized spacial score (nSPS) is 10.0. The summed E-state index contributed by atoms with van der Waals surface area (Å²) in [5.74, 6) is -1.03. The third-order valence-electron chi connectivity index (χ3n) is 1.80. The van der Waals surface area contributed by atoms with Gasteiger partial charge in [-0.25, -0.2) is 14.8 Å². The first-order chi connectivity index (χ1) is 6.79. The Morgan fingerprint density at radius 3 is 3.00 bits per heavy atom. The molecule has 0 aliphatic carbocycles. The zero-order valence-corrected chi connectivity index (χ0v) is 7.14. The number of aromatic carboxylic acids is 1. The second-order valence-electron chi connectivity index (χ2n) is 2.67. The number of nitrogens with one attached hydrogen (secondary N) is 1. The third kappa shape index (κ3) is 1.35. The number of hydrogen-bond donors (Lipinski definition) is 2. The van der Waals surface area contributed by atoms with Crippen LogP contribution in [0.25, 0.3) is 11.4 Å². The van der Waals surface area contributed by atoms with Crippen molar-refractivity contribution < 1.29 is 9.90 Å². The van der Waals surface area contributed by atoms with Gasteiger partial charge in [0.1, 0.15) is 17.6 Å². The van der Waals surface area contributed by atoms with Gasteiger partial charge in [-0.15, -0.1) is 0 Å². The minimum Gasteiger partial charge on any atom is -0.478 e. The van der Waals surface area contributed by atoms with Crippen LogP contribution in [0.5, 0.6) is 0 Å². The number of nitrogens with zero attached hydrogens (tertiary/aromatic N) is 2. The van der Waals surface area contributed by atoms with Gasteiger partial charge in [0.2, 0.25) is 0 Å². The van der Waals surface area contributed by atoms with E-state index in [2.05, 4.69) is 15.0 Å². The molecular weight excluding hydrogens is 182 g/mol. The number of carboxylic acids is 1. The number of rotatable bonds is 2. The molecule has 0 saturated carbocycles. The molecule has 2 N–H and O–H groups in total. The summed E-state index contributed by atoms with van der Waals surface area (Å²) in [5.41, 5.74) is 1.16. The van der Waals surface area contributed by atoms with Crippen molar-refractivity contribution in [1.29, 1.82) is 0 Å². The fourth-order valence-corrected chi connectivity index (χ4v) is 1.18. The number of carboxylic acid groups (broad SMARTS) is 1. The second-order valence-corrected chi connectivity index (χ2v) is 2.67. The van der Waals surface area contributed by atoms with Crippen LogP contribution >= 0.6 is 0 Å². The molecule has 2 aromatic rings. The lowest BCUT2D eigenvalue weighted by Gasteiger charge is -2.00. The van der Waals surface area contributed by atoms with Crippen LogP contribution in [-0.4, -0.2) is 26.0 Å². The fraction of sp³-hybridized carbons (Fsp3) is 0. The molecule has 0 unspecified atom stereocenters. The Hall–Kier alpha value is -2.17. The third-order valence-corrected chi connectivity index (χ3v) is 1.80. The van der Waals surface area contributed by atoms with Crippen molar-refractivity contribution in [3.05, 3.63) is 36.4 Å². The van der Waals surface area contributed by atoms with Gasteiger partial charge in [-0.1, -0.05) is 0 Å². The quantitative estimate of drug-likeness (QED) is 0.743. The summed E-state index contributed by atoms with van der Waals surface area (Å²) in [6, 6.07) is 3.54. The molecule has 0 saturated heterocycles. The molecular formula is C9H7N3O2. The number of aromatic amines is 1. The van der Waals surface area contributed by atoms with Crippen molar-refractivity contribution in [1.82, 2.24) is 15.0 Å². The van der Waals surface area contributed by atoms with Crippen molar-refractivity contribution in [3.63, 3.8) is 0 Å². The van der Waals surface area contributed by atoms with Gasteiger partial charge in [0.15, 0.2) is 0 Å². The van der Waals surface area contributed by atoms with Crippen molar-refractivity contribution in [3.8, 4) is 11.4 Å². The minimum atomic E-state index is -1.03. The van der Waals surface area contributed by atoms with Gasteiger partial charge in [0, 0.05) is 12.4 Å². The first-order valence-electron chi connectivity index (χ1n) is 3.96. The van der Waals surface area contributed by atoms with E-state index in [0.29, 0.717) is 11.4 Å². The smallest absolute Gasteiger partial charge is 0.339 e. The largest absolute Gasteiger partial charge is 0.478 e. The van der Waals surface area contributed by atoms with Crippen LogP contribution in [-0.2, 0) is 0 Å². The molecule has 0 fully saturated rings. The molecule has 0 bridgehead atoms. The van der Waals surface area contributed by atoms with Gasteiger partial charge < -0.3 is 10.1 Å². The van der Waals surface area contributed by atoms with Crippen molar-refractivity contribution in [2.45, 2.75) is 0 Å². The van der Waals surface area contributed by atoms with Crippen LogP contribution in [0, 0.1) is 0 Å². The standard InChI is InChI=1S/C9H7N3O2/c13-9(14)6-4-10-5-12-8(6)7-2-1-3-11-7/h1-5,11H,(H,13,14). The Morgan fingerprint density at radius 1 is 1.50 bits per heavy atom. The number of carbonyl (C=O) groups is 1. The van der Waals surface area contributed by atoms with Crippen molar-refractivity contribution in [2.24, 2.45) is 0 Å². The Balaban J connectivity index is 2.58. The highest BCUT2D eigenvalue weighted by atomic mass is 16.4. The summed E-state index contributed by atoms with van der Waals surface area (Å²) < 4.78 is 0. The SMILES string of the molecule is O=C(O)c1cncnc1-c1ccc[nH]1. The molecule has 14 heavy (non-hydrogen) atoms. The molecule has 0 radical (unpaired) electrons. The molecule has 0 aliphatic rings. The average Bonchev–Trinajstić information content (AvgIpc) is 2.70. The molecule has 0 atom stereocenters.